The third-order valence-corrected chi connectivity index (χ3v) is 12.6. The van der Waals surface area contributed by atoms with Gasteiger partial charge in [-0.05, 0) is 138 Å². The Kier molecular flexibility index (Phi) is 7.61. The summed E-state index contributed by atoms with van der Waals surface area (Å²) in [5.74, 6) is 6.12. The van der Waals surface area contributed by atoms with Crippen molar-refractivity contribution in [3.05, 3.63) is 0 Å². The van der Waals surface area contributed by atoms with E-state index in [2.05, 4.69) is 20.8 Å². The molecule has 0 N–H and O–H groups in total. The van der Waals surface area contributed by atoms with E-state index in [1.807, 2.05) is 0 Å². The normalized spacial score (nSPS) is 43.4. The van der Waals surface area contributed by atoms with E-state index in [9.17, 15) is 0 Å². The first-order chi connectivity index (χ1) is 17.5. The number of hydrogen-bond acceptors (Lipinski definition) is 2. The molecule has 8 aliphatic carbocycles. The lowest BCUT2D eigenvalue weighted by molar-refractivity contribution is -0.373. The van der Waals surface area contributed by atoms with Crippen LogP contribution >= 0.6 is 0 Å². The van der Waals surface area contributed by atoms with Gasteiger partial charge in [0.1, 0.15) is 0 Å². The molecule has 0 amide bonds. The van der Waals surface area contributed by atoms with Crippen molar-refractivity contribution in [1.82, 2.24) is 0 Å². The smallest absolute Gasteiger partial charge is 0.177 e. The van der Waals surface area contributed by atoms with Crippen LogP contribution in [0.5, 0.6) is 0 Å². The van der Waals surface area contributed by atoms with Crippen LogP contribution < -0.4 is 0 Å². The Morgan fingerprint density at radius 1 is 0.583 bits per heavy atom. The Morgan fingerprint density at radius 3 is 1.44 bits per heavy atom. The lowest BCUT2D eigenvalue weighted by Gasteiger charge is -2.69. The summed E-state index contributed by atoms with van der Waals surface area (Å²) in [7, 11) is 0. The van der Waals surface area contributed by atoms with Gasteiger partial charge in [0.15, 0.2) is 5.79 Å². The molecule has 36 heavy (non-hydrogen) atoms. The molecule has 0 spiro atoms. The lowest BCUT2D eigenvalue weighted by atomic mass is 9.40. The van der Waals surface area contributed by atoms with Gasteiger partial charge in [-0.2, -0.15) is 0 Å². The summed E-state index contributed by atoms with van der Waals surface area (Å²) in [6, 6.07) is 0. The van der Waals surface area contributed by atoms with Crippen LogP contribution in [0.15, 0.2) is 0 Å². The fraction of sp³-hybridized carbons (Fsp3) is 1.00. The zero-order valence-electron chi connectivity index (χ0n) is 24.2. The number of hydrogen-bond donors (Lipinski definition) is 0. The summed E-state index contributed by atoms with van der Waals surface area (Å²) in [5, 5.41) is 0. The maximum absolute atomic E-state index is 7.28. The van der Waals surface area contributed by atoms with E-state index in [-0.39, 0.29) is 11.2 Å². The van der Waals surface area contributed by atoms with Gasteiger partial charge in [-0.3, -0.25) is 0 Å². The van der Waals surface area contributed by atoms with Crippen molar-refractivity contribution in [2.45, 2.75) is 149 Å². The minimum Gasteiger partial charge on any atom is -0.349 e. The molecule has 0 aromatic rings. The molecule has 0 saturated heterocycles. The summed E-state index contributed by atoms with van der Waals surface area (Å²) >= 11 is 0. The maximum Gasteiger partial charge on any atom is 0.177 e. The average molecular weight is 499 g/mol. The van der Waals surface area contributed by atoms with Gasteiger partial charge in [0.05, 0.1) is 0 Å². The van der Waals surface area contributed by atoms with Gasteiger partial charge in [-0.15, -0.1) is 0 Å². The van der Waals surface area contributed by atoms with E-state index in [1.165, 1.54) is 122 Å². The van der Waals surface area contributed by atoms with Crippen LogP contribution in [0, 0.1) is 52.3 Å². The standard InChI is InChI=1S/C34H58O2/c1-4-7-8-9-10-11-12-31(32-19-25-13-26(20-32)15-27(14-25)21-32)34(35-5-2,36-6-3)33-22-28-16-29(23-33)18-30(17-28)24-33/h25-31H,4-24H2,1-3H3. The molecule has 2 nitrogen and oxygen atoms in total. The molecule has 8 fully saturated rings. The van der Waals surface area contributed by atoms with E-state index < -0.39 is 0 Å². The van der Waals surface area contributed by atoms with Gasteiger partial charge in [0, 0.05) is 24.5 Å². The number of unbranched alkanes of at least 4 members (excludes halogenated alkanes) is 5. The van der Waals surface area contributed by atoms with Crippen molar-refractivity contribution < 1.29 is 9.47 Å². The Labute approximate surface area is 223 Å². The van der Waals surface area contributed by atoms with Crippen LogP contribution in [-0.4, -0.2) is 19.0 Å². The summed E-state index contributed by atoms with van der Waals surface area (Å²) < 4.78 is 14.6. The van der Waals surface area contributed by atoms with E-state index in [4.69, 9.17) is 9.47 Å². The Morgan fingerprint density at radius 2 is 1.00 bits per heavy atom. The third-order valence-electron chi connectivity index (χ3n) is 12.6. The highest BCUT2D eigenvalue weighted by Gasteiger charge is 2.69. The predicted molar refractivity (Wildman–Crippen MR) is 149 cm³/mol. The monoisotopic (exact) mass is 498 g/mol. The number of rotatable bonds is 14. The summed E-state index contributed by atoms with van der Waals surface area (Å²) in [6.07, 6.45) is 27.6. The molecule has 8 aliphatic rings. The molecule has 1 atom stereocenters. The van der Waals surface area contributed by atoms with E-state index in [0.29, 0.717) is 11.3 Å². The van der Waals surface area contributed by atoms with Crippen molar-refractivity contribution in [3.8, 4) is 0 Å². The second-order valence-corrected chi connectivity index (χ2v) is 15.1. The van der Waals surface area contributed by atoms with Crippen LogP contribution in [0.4, 0.5) is 0 Å². The second-order valence-electron chi connectivity index (χ2n) is 15.1. The predicted octanol–water partition coefficient (Wildman–Crippen LogP) is 9.56. The Balaban J connectivity index is 1.36. The minimum atomic E-state index is -0.332. The molecule has 2 heteroatoms. The average Bonchev–Trinajstić information content (AvgIpc) is 2.81. The molecular formula is C34H58O2. The van der Waals surface area contributed by atoms with Gasteiger partial charge in [-0.25, -0.2) is 0 Å². The highest BCUT2D eigenvalue weighted by atomic mass is 16.7. The molecular weight excluding hydrogens is 440 g/mol. The highest BCUT2D eigenvalue weighted by Crippen LogP contribution is 2.72. The van der Waals surface area contributed by atoms with Crippen LogP contribution in [0.1, 0.15) is 143 Å². The molecule has 206 valence electrons. The quantitative estimate of drug-likeness (QED) is 0.175. The number of ether oxygens (including phenoxy) is 2. The Bertz CT molecular complexity index is 663. The molecule has 8 saturated carbocycles. The molecule has 0 radical (unpaired) electrons. The largest absolute Gasteiger partial charge is 0.349 e. The Hall–Kier alpha value is -0.0800. The van der Waals surface area contributed by atoms with Gasteiger partial charge in [0.25, 0.3) is 0 Å². The van der Waals surface area contributed by atoms with Crippen LogP contribution in [0.2, 0.25) is 0 Å². The van der Waals surface area contributed by atoms with Gasteiger partial charge in [-0.1, -0.05) is 45.4 Å². The molecule has 0 aliphatic heterocycles. The fourth-order valence-electron chi connectivity index (χ4n) is 12.5. The van der Waals surface area contributed by atoms with Crippen molar-refractivity contribution in [3.63, 3.8) is 0 Å². The van der Waals surface area contributed by atoms with Crippen molar-refractivity contribution in [2.24, 2.45) is 52.3 Å². The molecule has 0 aromatic heterocycles. The van der Waals surface area contributed by atoms with E-state index in [0.717, 1.165) is 48.7 Å². The maximum atomic E-state index is 7.28. The van der Waals surface area contributed by atoms with Crippen LogP contribution in [0.25, 0.3) is 0 Å². The summed E-state index contributed by atoms with van der Waals surface area (Å²) in [4.78, 5) is 0. The van der Waals surface area contributed by atoms with Gasteiger partial charge < -0.3 is 9.47 Å². The molecule has 0 heterocycles. The van der Waals surface area contributed by atoms with Gasteiger partial charge >= 0.3 is 0 Å². The highest BCUT2D eigenvalue weighted by molar-refractivity contribution is 5.15. The first-order valence-electron chi connectivity index (χ1n) is 16.8. The first-order valence-corrected chi connectivity index (χ1v) is 16.8. The lowest BCUT2D eigenvalue weighted by Crippen LogP contribution is -2.68. The minimum absolute atomic E-state index is 0.282. The van der Waals surface area contributed by atoms with Crippen LogP contribution in [0.3, 0.4) is 0 Å². The zero-order chi connectivity index (χ0) is 24.8. The zero-order valence-corrected chi connectivity index (χ0v) is 24.2. The topological polar surface area (TPSA) is 18.5 Å². The van der Waals surface area contributed by atoms with E-state index >= 15 is 0 Å². The molecule has 0 aromatic carbocycles. The van der Waals surface area contributed by atoms with Crippen molar-refractivity contribution in [1.29, 1.82) is 0 Å². The van der Waals surface area contributed by atoms with E-state index in [1.54, 1.807) is 0 Å². The fourth-order valence-corrected chi connectivity index (χ4v) is 12.5. The second kappa shape index (κ2) is 10.5. The van der Waals surface area contributed by atoms with Gasteiger partial charge in [0.2, 0.25) is 0 Å². The molecule has 8 rings (SSSR count). The SMILES string of the molecule is CCCCCCCCC(C12CC3CC(CC(C3)C1)C2)C(OCC)(OCC)C12CC3CC(CC(C3)C1)C2. The molecule has 1 unspecified atom stereocenters. The van der Waals surface area contributed by atoms with Crippen molar-refractivity contribution in [2.75, 3.05) is 13.2 Å². The van der Waals surface area contributed by atoms with Crippen molar-refractivity contribution >= 4 is 0 Å². The summed E-state index contributed by atoms with van der Waals surface area (Å²) in [6.45, 7) is 8.53. The third kappa shape index (κ3) is 4.45. The van der Waals surface area contributed by atoms with Crippen LogP contribution in [-0.2, 0) is 9.47 Å². The molecule has 8 bridgehead atoms. The first kappa shape index (κ1) is 26.2. The summed E-state index contributed by atoms with van der Waals surface area (Å²) in [5.41, 5.74) is 0.774.